The number of aliphatic imine (C=N–C) groups is 1. The summed E-state index contributed by atoms with van der Waals surface area (Å²) in [5.74, 6) is -0.118. The number of aromatic amines is 1. The molecule has 2 aromatic rings. The topological polar surface area (TPSA) is 97.7 Å². The number of aliphatic hydroxyl groups excluding tert-OH is 1. The molecule has 1 aliphatic rings. The van der Waals surface area contributed by atoms with Crippen LogP contribution in [0.25, 0.3) is 10.9 Å². The molecule has 1 aromatic carbocycles. The standard InChI is InChI=1S/C15H17N3O3S/c1-8(15(20)21)16-11-4-2-3-9-5-12(18-13(9)11)14-17-10(6-19)7-22-14/h2-5,8,10,16,18-19H,6-7H2,1H3,(H,20,21)/t8?,10-/m1/s1. The molecule has 116 valence electrons. The van der Waals surface area contributed by atoms with Crippen LogP contribution < -0.4 is 5.32 Å². The molecule has 0 spiro atoms. The number of carbonyl (C=O) groups is 1. The van der Waals surface area contributed by atoms with Crippen LogP contribution in [0.5, 0.6) is 0 Å². The summed E-state index contributed by atoms with van der Waals surface area (Å²) >= 11 is 1.61. The van der Waals surface area contributed by atoms with Crippen LogP contribution in [-0.2, 0) is 4.79 Å². The minimum Gasteiger partial charge on any atom is -0.480 e. The monoisotopic (exact) mass is 319 g/mol. The highest BCUT2D eigenvalue weighted by Crippen LogP contribution is 2.29. The summed E-state index contributed by atoms with van der Waals surface area (Å²) in [6.45, 7) is 1.66. The average Bonchev–Trinajstić information content (AvgIpc) is 3.13. The first-order valence-corrected chi connectivity index (χ1v) is 8.00. The number of H-pyrrole nitrogens is 1. The molecule has 3 rings (SSSR count). The minimum atomic E-state index is -0.898. The van der Waals surface area contributed by atoms with Gasteiger partial charge in [0.15, 0.2) is 0 Å². The zero-order valence-corrected chi connectivity index (χ0v) is 12.9. The van der Waals surface area contributed by atoms with Crippen molar-refractivity contribution in [2.75, 3.05) is 17.7 Å². The average molecular weight is 319 g/mol. The van der Waals surface area contributed by atoms with Crippen LogP contribution in [0.1, 0.15) is 12.6 Å². The molecule has 4 N–H and O–H groups in total. The van der Waals surface area contributed by atoms with E-state index in [1.807, 2.05) is 24.3 Å². The maximum absolute atomic E-state index is 11.0. The van der Waals surface area contributed by atoms with E-state index < -0.39 is 12.0 Å². The summed E-state index contributed by atoms with van der Waals surface area (Å²) in [5, 5.41) is 23.1. The number of para-hydroxylation sites is 1. The molecule has 2 atom stereocenters. The van der Waals surface area contributed by atoms with Crippen LogP contribution in [0.4, 0.5) is 5.69 Å². The van der Waals surface area contributed by atoms with Crippen molar-refractivity contribution < 1.29 is 15.0 Å². The van der Waals surface area contributed by atoms with Crippen molar-refractivity contribution >= 4 is 39.4 Å². The fourth-order valence-corrected chi connectivity index (χ4v) is 3.36. The fraction of sp³-hybridized carbons (Fsp3) is 0.333. The number of nitrogens with one attached hydrogen (secondary N) is 2. The second-order valence-corrected chi connectivity index (χ2v) is 6.25. The molecule has 0 bridgehead atoms. The summed E-state index contributed by atoms with van der Waals surface area (Å²) in [7, 11) is 0. The Morgan fingerprint density at radius 3 is 3.09 bits per heavy atom. The molecule has 0 saturated carbocycles. The van der Waals surface area contributed by atoms with E-state index in [4.69, 9.17) is 10.2 Å². The number of carboxylic acids is 1. The molecule has 0 saturated heterocycles. The largest absolute Gasteiger partial charge is 0.480 e. The summed E-state index contributed by atoms with van der Waals surface area (Å²) in [6.07, 6.45) is 0. The van der Waals surface area contributed by atoms with Crippen molar-refractivity contribution in [2.45, 2.75) is 19.0 Å². The van der Waals surface area contributed by atoms with Crippen molar-refractivity contribution in [3.05, 3.63) is 30.0 Å². The van der Waals surface area contributed by atoms with Gasteiger partial charge in [-0.25, -0.2) is 0 Å². The molecule has 1 aromatic heterocycles. The highest BCUT2D eigenvalue weighted by Gasteiger charge is 2.20. The Labute approximate surface area is 131 Å². The van der Waals surface area contributed by atoms with Gasteiger partial charge in [0.2, 0.25) is 0 Å². The number of hydrogen-bond acceptors (Lipinski definition) is 5. The zero-order chi connectivity index (χ0) is 15.7. The Morgan fingerprint density at radius 1 is 1.59 bits per heavy atom. The van der Waals surface area contributed by atoms with Crippen LogP contribution in [0, 0.1) is 0 Å². The van der Waals surface area contributed by atoms with Gasteiger partial charge < -0.3 is 20.5 Å². The number of benzene rings is 1. The van der Waals surface area contributed by atoms with Gasteiger partial charge in [-0.3, -0.25) is 9.79 Å². The molecule has 0 radical (unpaired) electrons. The van der Waals surface area contributed by atoms with Gasteiger partial charge in [0.1, 0.15) is 11.1 Å². The van der Waals surface area contributed by atoms with Gasteiger partial charge in [0, 0.05) is 11.1 Å². The lowest BCUT2D eigenvalue weighted by Crippen LogP contribution is -2.25. The van der Waals surface area contributed by atoms with Crippen molar-refractivity contribution in [3.63, 3.8) is 0 Å². The number of aliphatic carboxylic acids is 1. The quantitative estimate of drug-likeness (QED) is 0.675. The van der Waals surface area contributed by atoms with Crippen molar-refractivity contribution in [1.29, 1.82) is 0 Å². The number of anilines is 1. The van der Waals surface area contributed by atoms with Crippen LogP contribution in [0.2, 0.25) is 0 Å². The fourth-order valence-electron chi connectivity index (χ4n) is 2.34. The maximum atomic E-state index is 11.0. The Balaban J connectivity index is 1.95. The number of fused-ring (bicyclic) bond motifs is 1. The van der Waals surface area contributed by atoms with Crippen LogP contribution >= 0.6 is 11.8 Å². The third kappa shape index (κ3) is 2.82. The normalized spacial score (nSPS) is 19.2. The van der Waals surface area contributed by atoms with Gasteiger partial charge in [0.25, 0.3) is 0 Å². The summed E-state index contributed by atoms with van der Waals surface area (Å²) in [5.41, 5.74) is 2.51. The summed E-state index contributed by atoms with van der Waals surface area (Å²) in [4.78, 5) is 18.8. The lowest BCUT2D eigenvalue weighted by Gasteiger charge is -2.11. The number of rotatable bonds is 5. The minimum absolute atomic E-state index is 0.0453. The van der Waals surface area contributed by atoms with Crippen LogP contribution in [0.15, 0.2) is 29.3 Å². The van der Waals surface area contributed by atoms with Gasteiger partial charge in [-0.2, -0.15) is 0 Å². The predicted molar refractivity (Wildman–Crippen MR) is 88.9 cm³/mol. The molecule has 2 heterocycles. The maximum Gasteiger partial charge on any atom is 0.325 e. The first-order chi connectivity index (χ1) is 10.6. The highest BCUT2D eigenvalue weighted by molar-refractivity contribution is 8.14. The van der Waals surface area contributed by atoms with Crippen molar-refractivity contribution in [1.82, 2.24) is 4.98 Å². The van der Waals surface area contributed by atoms with E-state index in [1.165, 1.54) is 0 Å². The molecule has 0 amide bonds. The first-order valence-electron chi connectivity index (χ1n) is 7.01. The smallest absolute Gasteiger partial charge is 0.325 e. The lowest BCUT2D eigenvalue weighted by atomic mass is 10.2. The third-order valence-corrected chi connectivity index (χ3v) is 4.70. The van der Waals surface area contributed by atoms with Crippen molar-refractivity contribution in [2.24, 2.45) is 4.99 Å². The van der Waals surface area contributed by atoms with Gasteiger partial charge in [-0.05, 0) is 19.1 Å². The van der Waals surface area contributed by atoms with E-state index >= 15 is 0 Å². The second kappa shape index (κ2) is 6.02. The van der Waals surface area contributed by atoms with E-state index in [9.17, 15) is 4.79 Å². The van der Waals surface area contributed by atoms with Crippen molar-refractivity contribution in [3.8, 4) is 0 Å². The van der Waals surface area contributed by atoms with Gasteiger partial charge in [0.05, 0.1) is 29.5 Å². The van der Waals surface area contributed by atoms with Gasteiger partial charge in [-0.15, -0.1) is 11.8 Å². The Morgan fingerprint density at radius 2 is 2.41 bits per heavy atom. The Hall–Kier alpha value is -1.99. The second-order valence-electron chi connectivity index (χ2n) is 5.24. The number of nitrogens with zero attached hydrogens (tertiary/aromatic N) is 1. The molecular formula is C15H17N3O3S. The Bertz CT molecular complexity index is 741. The summed E-state index contributed by atoms with van der Waals surface area (Å²) in [6, 6.07) is 6.98. The van der Waals surface area contributed by atoms with E-state index in [0.717, 1.165) is 33.1 Å². The predicted octanol–water partition coefficient (Wildman–Crippen LogP) is 1.91. The molecule has 6 nitrogen and oxygen atoms in total. The van der Waals surface area contributed by atoms with E-state index in [2.05, 4.69) is 15.3 Å². The van der Waals surface area contributed by atoms with E-state index in [0.29, 0.717) is 0 Å². The summed E-state index contributed by atoms with van der Waals surface area (Å²) < 4.78 is 0. The molecule has 1 unspecified atom stereocenters. The molecule has 22 heavy (non-hydrogen) atoms. The highest BCUT2D eigenvalue weighted by atomic mass is 32.2. The van der Waals surface area contributed by atoms with Gasteiger partial charge >= 0.3 is 5.97 Å². The molecule has 7 heteroatoms. The van der Waals surface area contributed by atoms with E-state index in [-0.39, 0.29) is 12.6 Å². The zero-order valence-electron chi connectivity index (χ0n) is 12.0. The number of aliphatic hydroxyl groups is 1. The van der Waals surface area contributed by atoms with Crippen LogP contribution in [0.3, 0.4) is 0 Å². The Kier molecular flexibility index (Phi) is 4.08. The molecular weight excluding hydrogens is 302 g/mol. The SMILES string of the molecule is CC(Nc1cccc2cc(C3=N[C@H](CO)CS3)[nH]c12)C(=O)O. The number of hydrogen-bond donors (Lipinski definition) is 4. The van der Waals surface area contributed by atoms with Gasteiger partial charge in [-0.1, -0.05) is 12.1 Å². The number of aromatic nitrogens is 1. The first kappa shape index (κ1) is 14.9. The molecule has 0 fully saturated rings. The molecule has 0 aliphatic carbocycles. The third-order valence-electron chi connectivity index (χ3n) is 3.55. The molecule has 1 aliphatic heterocycles. The number of thioether (sulfide) groups is 1. The number of carboxylic acid groups (broad SMARTS) is 1. The van der Waals surface area contributed by atoms with E-state index in [1.54, 1.807) is 18.7 Å². The van der Waals surface area contributed by atoms with Crippen LogP contribution in [-0.4, -0.2) is 50.7 Å². The lowest BCUT2D eigenvalue weighted by molar-refractivity contribution is -0.137.